The van der Waals surface area contributed by atoms with Crippen LogP contribution in [0.15, 0.2) is 11.5 Å². The normalized spacial score (nSPS) is 24.4. The lowest BCUT2D eigenvalue weighted by molar-refractivity contribution is 0.400. The Bertz CT molecular complexity index is 339. The van der Waals surface area contributed by atoms with Gasteiger partial charge in [-0.25, -0.2) is 9.67 Å². The minimum atomic E-state index is 0.750. The minimum absolute atomic E-state index is 0.750. The largest absolute Gasteiger partial charge is 0.314 e. The molecule has 1 aromatic rings. The minimum Gasteiger partial charge on any atom is -0.314 e. The van der Waals surface area contributed by atoms with Crippen LogP contribution in [-0.2, 0) is 7.05 Å². The first kappa shape index (κ1) is 12.9. The van der Waals surface area contributed by atoms with Crippen molar-refractivity contribution in [1.29, 1.82) is 0 Å². The Hall–Kier alpha value is -0.550. The summed E-state index contributed by atoms with van der Waals surface area (Å²) in [4.78, 5) is 4.23. The Kier molecular flexibility index (Phi) is 4.86. The third-order valence-corrected chi connectivity index (χ3v) is 4.58. The fourth-order valence-electron chi connectivity index (χ4n) is 2.63. The van der Waals surface area contributed by atoms with Crippen LogP contribution in [0.5, 0.6) is 0 Å². The predicted molar refractivity (Wildman–Crippen MR) is 71.1 cm³/mol. The van der Waals surface area contributed by atoms with Gasteiger partial charge in [-0.2, -0.15) is 5.10 Å². The zero-order valence-corrected chi connectivity index (χ0v) is 11.5. The monoisotopic (exact) mass is 254 g/mol. The second-order valence-electron chi connectivity index (χ2n) is 4.66. The smallest absolute Gasteiger partial charge is 0.185 e. The van der Waals surface area contributed by atoms with Crippen LogP contribution in [-0.4, -0.2) is 33.1 Å². The molecule has 0 bridgehead atoms. The summed E-state index contributed by atoms with van der Waals surface area (Å²) in [6.45, 7) is 3.29. The second-order valence-corrected chi connectivity index (χ2v) is 5.72. The Balaban J connectivity index is 1.73. The molecule has 0 spiro atoms. The van der Waals surface area contributed by atoms with Crippen LogP contribution in [0.3, 0.4) is 0 Å². The highest BCUT2D eigenvalue weighted by Crippen LogP contribution is 2.30. The van der Waals surface area contributed by atoms with Gasteiger partial charge < -0.3 is 5.32 Å². The molecule has 1 aliphatic carbocycles. The van der Waals surface area contributed by atoms with Crippen LogP contribution in [0.25, 0.3) is 0 Å². The Morgan fingerprint density at radius 1 is 1.53 bits per heavy atom. The molecule has 1 aliphatic rings. The van der Waals surface area contributed by atoms with Crippen LogP contribution in [0.2, 0.25) is 0 Å². The van der Waals surface area contributed by atoms with E-state index in [0.717, 1.165) is 29.4 Å². The van der Waals surface area contributed by atoms with E-state index in [9.17, 15) is 0 Å². The molecule has 1 heterocycles. The molecule has 17 heavy (non-hydrogen) atoms. The van der Waals surface area contributed by atoms with Gasteiger partial charge in [-0.15, -0.1) is 0 Å². The van der Waals surface area contributed by atoms with Gasteiger partial charge in [-0.1, -0.05) is 25.1 Å². The maximum atomic E-state index is 4.23. The highest BCUT2D eigenvalue weighted by atomic mass is 32.2. The van der Waals surface area contributed by atoms with Gasteiger partial charge in [-0.3, -0.25) is 0 Å². The molecule has 2 unspecified atom stereocenters. The summed E-state index contributed by atoms with van der Waals surface area (Å²) in [6, 6.07) is 0.750. The van der Waals surface area contributed by atoms with Gasteiger partial charge in [0.2, 0.25) is 0 Å². The summed E-state index contributed by atoms with van der Waals surface area (Å²) >= 11 is 1.82. The Morgan fingerprint density at radius 2 is 2.41 bits per heavy atom. The average Bonchev–Trinajstić information content (AvgIpc) is 2.90. The fraction of sp³-hybridized carbons (Fsp3) is 0.833. The van der Waals surface area contributed by atoms with Gasteiger partial charge in [0.05, 0.1) is 0 Å². The molecule has 2 rings (SSSR count). The van der Waals surface area contributed by atoms with E-state index in [0.29, 0.717) is 0 Å². The molecular weight excluding hydrogens is 232 g/mol. The van der Waals surface area contributed by atoms with Crippen LogP contribution in [0.1, 0.15) is 32.6 Å². The van der Waals surface area contributed by atoms with E-state index >= 15 is 0 Å². The van der Waals surface area contributed by atoms with Gasteiger partial charge in [0.15, 0.2) is 5.16 Å². The maximum absolute atomic E-state index is 4.23. The first-order valence-corrected chi connectivity index (χ1v) is 7.50. The number of aryl methyl sites for hydroxylation is 1. The topological polar surface area (TPSA) is 42.7 Å². The molecule has 2 atom stereocenters. The molecule has 0 amide bonds. The van der Waals surface area contributed by atoms with E-state index in [4.69, 9.17) is 0 Å². The molecule has 4 nitrogen and oxygen atoms in total. The molecule has 0 aliphatic heterocycles. The number of rotatable bonds is 6. The van der Waals surface area contributed by atoms with Crippen molar-refractivity contribution in [3.05, 3.63) is 6.33 Å². The van der Waals surface area contributed by atoms with Crippen molar-refractivity contribution in [2.75, 3.05) is 12.3 Å². The standard InChI is InChI=1S/C12H22N4S/c1-3-13-11-6-4-5-10(11)7-8-17-12-14-9-15-16(12)2/h9-11,13H,3-8H2,1-2H3. The van der Waals surface area contributed by atoms with E-state index in [1.165, 1.54) is 25.7 Å². The number of aromatic nitrogens is 3. The summed E-state index contributed by atoms with van der Waals surface area (Å²) in [7, 11) is 1.95. The van der Waals surface area contributed by atoms with E-state index in [1.54, 1.807) is 6.33 Å². The van der Waals surface area contributed by atoms with Crippen molar-refractivity contribution in [3.8, 4) is 0 Å². The predicted octanol–water partition coefficient (Wildman–Crippen LogP) is 2.08. The van der Waals surface area contributed by atoms with Crippen molar-refractivity contribution in [2.24, 2.45) is 13.0 Å². The third-order valence-electron chi connectivity index (χ3n) is 3.52. The molecule has 1 saturated carbocycles. The van der Waals surface area contributed by atoms with E-state index in [2.05, 4.69) is 22.3 Å². The molecule has 0 aromatic carbocycles. The van der Waals surface area contributed by atoms with Crippen LogP contribution in [0, 0.1) is 5.92 Å². The molecule has 5 heteroatoms. The van der Waals surface area contributed by atoms with Gasteiger partial charge in [0.25, 0.3) is 0 Å². The molecule has 0 radical (unpaired) electrons. The van der Waals surface area contributed by atoms with E-state index in [-0.39, 0.29) is 0 Å². The molecule has 0 saturated heterocycles. The highest BCUT2D eigenvalue weighted by molar-refractivity contribution is 7.99. The fourth-order valence-corrected chi connectivity index (χ4v) is 3.59. The SMILES string of the molecule is CCNC1CCCC1CCSc1ncnn1C. The van der Waals surface area contributed by atoms with Crippen LogP contribution in [0.4, 0.5) is 0 Å². The number of thioether (sulfide) groups is 1. The summed E-state index contributed by atoms with van der Waals surface area (Å²) in [5.74, 6) is 2.01. The van der Waals surface area contributed by atoms with Crippen molar-refractivity contribution < 1.29 is 0 Å². The van der Waals surface area contributed by atoms with E-state index in [1.807, 2.05) is 23.5 Å². The quantitative estimate of drug-likeness (QED) is 0.789. The Labute approximate surface area is 108 Å². The van der Waals surface area contributed by atoms with E-state index < -0.39 is 0 Å². The molecular formula is C12H22N4S. The number of hydrogen-bond donors (Lipinski definition) is 1. The first-order chi connectivity index (χ1) is 8.31. The van der Waals surface area contributed by atoms with Gasteiger partial charge >= 0.3 is 0 Å². The lowest BCUT2D eigenvalue weighted by Crippen LogP contribution is -2.32. The first-order valence-electron chi connectivity index (χ1n) is 6.51. The summed E-state index contributed by atoms with van der Waals surface area (Å²) in [5, 5.41) is 8.72. The van der Waals surface area contributed by atoms with Crippen LogP contribution >= 0.6 is 11.8 Å². The summed E-state index contributed by atoms with van der Waals surface area (Å²) in [5.41, 5.74) is 0. The number of nitrogens with one attached hydrogen (secondary N) is 1. The molecule has 1 N–H and O–H groups in total. The number of hydrogen-bond acceptors (Lipinski definition) is 4. The number of nitrogens with zero attached hydrogens (tertiary/aromatic N) is 3. The van der Waals surface area contributed by atoms with Crippen molar-refractivity contribution >= 4 is 11.8 Å². The van der Waals surface area contributed by atoms with Crippen molar-refractivity contribution in [2.45, 2.75) is 43.8 Å². The average molecular weight is 254 g/mol. The highest BCUT2D eigenvalue weighted by Gasteiger charge is 2.25. The molecule has 1 fully saturated rings. The Morgan fingerprint density at radius 3 is 3.12 bits per heavy atom. The van der Waals surface area contributed by atoms with Gasteiger partial charge in [-0.05, 0) is 31.7 Å². The van der Waals surface area contributed by atoms with Gasteiger partial charge in [0.1, 0.15) is 6.33 Å². The van der Waals surface area contributed by atoms with Crippen molar-refractivity contribution in [3.63, 3.8) is 0 Å². The molecule has 1 aromatic heterocycles. The lowest BCUT2D eigenvalue weighted by Gasteiger charge is -2.19. The maximum Gasteiger partial charge on any atom is 0.185 e. The zero-order valence-electron chi connectivity index (χ0n) is 10.7. The second kappa shape index (κ2) is 6.40. The molecule has 96 valence electrons. The summed E-state index contributed by atoms with van der Waals surface area (Å²) in [6.07, 6.45) is 7.04. The van der Waals surface area contributed by atoms with Gasteiger partial charge in [0, 0.05) is 18.8 Å². The third kappa shape index (κ3) is 3.45. The van der Waals surface area contributed by atoms with Crippen LogP contribution < -0.4 is 5.32 Å². The lowest BCUT2D eigenvalue weighted by atomic mass is 10.0. The van der Waals surface area contributed by atoms with Crippen molar-refractivity contribution in [1.82, 2.24) is 20.1 Å². The zero-order chi connectivity index (χ0) is 12.1. The summed E-state index contributed by atoms with van der Waals surface area (Å²) < 4.78 is 1.85.